The van der Waals surface area contributed by atoms with Gasteiger partial charge in [0.25, 0.3) is 5.91 Å². The molecule has 0 aliphatic rings. The second-order valence-electron chi connectivity index (χ2n) is 5.39. The number of benzene rings is 1. The fraction of sp³-hybridized carbons (Fsp3) is 0.176. The highest BCUT2D eigenvalue weighted by Gasteiger charge is 2.20. The topological polar surface area (TPSA) is 90.5 Å². The highest BCUT2D eigenvalue weighted by molar-refractivity contribution is 7.09. The van der Waals surface area contributed by atoms with E-state index < -0.39 is 4.92 Å². The highest BCUT2D eigenvalue weighted by atomic mass is 32.1. The number of aromatic nitrogens is 2. The number of anilines is 1. The molecule has 9 heteroatoms. The molecule has 0 bridgehead atoms. The van der Waals surface area contributed by atoms with Crippen LogP contribution in [0.2, 0.25) is 0 Å². The van der Waals surface area contributed by atoms with Gasteiger partial charge in [-0.3, -0.25) is 4.79 Å². The average molecular weight is 372 g/mol. The van der Waals surface area contributed by atoms with E-state index in [1.165, 1.54) is 16.9 Å². The summed E-state index contributed by atoms with van der Waals surface area (Å²) in [4.78, 5) is 25.7. The molecule has 3 aromatic rings. The molecule has 2 aromatic heterocycles. The minimum atomic E-state index is -0.589. The van der Waals surface area contributed by atoms with E-state index in [2.05, 4.69) is 5.10 Å². The van der Waals surface area contributed by atoms with Gasteiger partial charge in [-0.05, 0) is 40.6 Å². The van der Waals surface area contributed by atoms with Gasteiger partial charge < -0.3 is 19.8 Å². The molecule has 0 fully saturated rings. The van der Waals surface area contributed by atoms with Gasteiger partial charge in [-0.25, -0.2) is 0 Å². The van der Waals surface area contributed by atoms with Gasteiger partial charge in [-0.2, -0.15) is 4.68 Å². The molecule has 0 saturated heterocycles. The molecule has 0 radical (unpaired) electrons. The molecule has 8 nitrogen and oxygen atoms in total. The van der Waals surface area contributed by atoms with Crippen LogP contribution >= 0.6 is 11.3 Å². The summed E-state index contributed by atoms with van der Waals surface area (Å²) in [5.74, 6) is 0.189. The van der Waals surface area contributed by atoms with E-state index in [1.54, 1.807) is 47.6 Å². The summed E-state index contributed by atoms with van der Waals surface area (Å²) in [6.07, 6.45) is 1.42. The lowest BCUT2D eigenvalue weighted by molar-refractivity contribution is -0.389. The first-order valence-corrected chi connectivity index (χ1v) is 8.59. The van der Waals surface area contributed by atoms with Crippen LogP contribution in [-0.4, -0.2) is 27.7 Å². The molecule has 0 N–H and O–H groups in total. The Morgan fingerprint density at radius 1 is 1.31 bits per heavy atom. The lowest BCUT2D eigenvalue weighted by Crippen LogP contribution is -2.33. The third-order valence-corrected chi connectivity index (χ3v) is 4.55. The Balaban J connectivity index is 1.83. The molecule has 0 saturated carbocycles. The normalized spacial score (nSPS) is 10.5. The quantitative estimate of drug-likeness (QED) is 0.469. The van der Waals surface area contributed by atoms with Crippen molar-refractivity contribution >= 4 is 28.7 Å². The van der Waals surface area contributed by atoms with Gasteiger partial charge in [-0.15, -0.1) is 11.3 Å². The smallest absolute Gasteiger partial charge is 0.389 e. The van der Waals surface area contributed by atoms with E-state index in [-0.39, 0.29) is 18.3 Å². The molecule has 134 valence electrons. The fourth-order valence-corrected chi connectivity index (χ4v) is 3.10. The second kappa shape index (κ2) is 7.79. The zero-order chi connectivity index (χ0) is 18.5. The number of thiophene rings is 1. The number of carbonyl (C=O) groups excluding carboxylic acids is 1. The number of hydrogen-bond donors (Lipinski definition) is 0. The van der Waals surface area contributed by atoms with Crippen LogP contribution in [0.1, 0.15) is 4.88 Å². The van der Waals surface area contributed by atoms with Crippen LogP contribution < -0.4 is 9.64 Å². The molecule has 26 heavy (non-hydrogen) atoms. The first kappa shape index (κ1) is 17.6. The third-order valence-electron chi connectivity index (χ3n) is 3.69. The van der Waals surface area contributed by atoms with E-state index in [4.69, 9.17) is 4.74 Å². The predicted octanol–water partition coefficient (Wildman–Crippen LogP) is 3.09. The summed E-state index contributed by atoms with van der Waals surface area (Å²) in [6, 6.07) is 12.3. The summed E-state index contributed by atoms with van der Waals surface area (Å²) in [5, 5.41) is 16.5. The lowest BCUT2D eigenvalue weighted by Gasteiger charge is -2.22. The monoisotopic (exact) mass is 372 g/mol. The minimum absolute atomic E-state index is 0.0920. The minimum Gasteiger partial charge on any atom is -0.497 e. The van der Waals surface area contributed by atoms with Crippen molar-refractivity contribution in [2.75, 3.05) is 12.0 Å². The second-order valence-corrected chi connectivity index (χ2v) is 6.42. The number of rotatable bonds is 7. The van der Waals surface area contributed by atoms with Crippen LogP contribution in [0.4, 0.5) is 11.5 Å². The van der Waals surface area contributed by atoms with Crippen LogP contribution in [0.3, 0.4) is 0 Å². The van der Waals surface area contributed by atoms with E-state index in [0.29, 0.717) is 18.0 Å². The van der Waals surface area contributed by atoms with Gasteiger partial charge >= 0.3 is 5.82 Å². The van der Waals surface area contributed by atoms with Crippen molar-refractivity contribution in [1.29, 1.82) is 0 Å². The maximum Gasteiger partial charge on any atom is 0.389 e. The number of nitrogens with zero attached hydrogens (tertiary/aromatic N) is 4. The first-order chi connectivity index (χ1) is 12.6. The molecule has 0 aliphatic carbocycles. The summed E-state index contributed by atoms with van der Waals surface area (Å²) in [6.45, 7) is 0.317. The molecule has 1 aromatic carbocycles. The Bertz CT molecular complexity index is 890. The molecule has 0 spiro atoms. The summed E-state index contributed by atoms with van der Waals surface area (Å²) in [7, 11) is 1.58. The molecule has 0 aliphatic heterocycles. The highest BCUT2D eigenvalue weighted by Crippen LogP contribution is 2.23. The average Bonchev–Trinajstić information content (AvgIpc) is 3.31. The van der Waals surface area contributed by atoms with E-state index in [9.17, 15) is 14.9 Å². The summed E-state index contributed by atoms with van der Waals surface area (Å²) in [5.41, 5.74) is 0.714. The number of methoxy groups -OCH3 is 1. The SMILES string of the molecule is COc1ccc(N(Cc2cccs2)C(=O)Cn2ccc([N+](=O)[O-])n2)cc1. The van der Waals surface area contributed by atoms with Crippen molar-refractivity contribution in [3.8, 4) is 5.75 Å². The van der Waals surface area contributed by atoms with Crippen molar-refractivity contribution in [2.45, 2.75) is 13.1 Å². The van der Waals surface area contributed by atoms with Crippen molar-refractivity contribution in [1.82, 2.24) is 9.78 Å². The van der Waals surface area contributed by atoms with Crippen molar-refractivity contribution < 1.29 is 14.5 Å². The Hall–Kier alpha value is -3.20. The van der Waals surface area contributed by atoms with Gasteiger partial charge in [-0.1, -0.05) is 6.07 Å². The van der Waals surface area contributed by atoms with Crippen LogP contribution in [0.5, 0.6) is 5.75 Å². The van der Waals surface area contributed by atoms with Gasteiger partial charge in [0.1, 0.15) is 12.3 Å². The van der Waals surface area contributed by atoms with Crippen LogP contribution in [0, 0.1) is 10.1 Å². The van der Waals surface area contributed by atoms with E-state index in [0.717, 1.165) is 4.88 Å². The van der Waals surface area contributed by atoms with E-state index in [1.807, 2.05) is 17.5 Å². The van der Waals surface area contributed by atoms with Gasteiger partial charge in [0, 0.05) is 10.6 Å². The molecule has 0 atom stereocenters. The summed E-state index contributed by atoms with van der Waals surface area (Å²) < 4.78 is 6.43. The van der Waals surface area contributed by atoms with Crippen molar-refractivity contribution in [3.63, 3.8) is 0 Å². The van der Waals surface area contributed by atoms with Gasteiger partial charge in [0.2, 0.25) is 0 Å². The van der Waals surface area contributed by atoms with E-state index >= 15 is 0 Å². The first-order valence-electron chi connectivity index (χ1n) is 7.71. The Morgan fingerprint density at radius 3 is 2.65 bits per heavy atom. The Kier molecular flexibility index (Phi) is 5.28. The Labute approximate surface area is 153 Å². The lowest BCUT2D eigenvalue weighted by atomic mass is 10.2. The molecule has 0 unspecified atom stereocenters. The molecular weight excluding hydrogens is 356 g/mol. The maximum atomic E-state index is 12.8. The number of ether oxygens (including phenoxy) is 1. The van der Waals surface area contributed by atoms with Crippen LogP contribution in [0.25, 0.3) is 0 Å². The molecule has 2 heterocycles. The zero-order valence-corrected chi connectivity index (χ0v) is 14.8. The fourth-order valence-electron chi connectivity index (χ4n) is 2.40. The number of hydrogen-bond acceptors (Lipinski definition) is 6. The number of carbonyl (C=O) groups is 1. The number of nitro groups is 1. The largest absolute Gasteiger partial charge is 0.497 e. The maximum absolute atomic E-state index is 12.8. The zero-order valence-electron chi connectivity index (χ0n) is 13.9. The van der Waals surface area contributed by atoms with Gasteiger partial charge in [0.15, 0.2) is 0 Å². The third kappa shape index (κ3) is 4.06. The molecule has 1 amide bonds. The van der Waals surface area contributed by atoms with Crippen molar-refractivity contribution in [2.24, 2.45) is 0 Å². The van der Waals surface area contributed by atoms with Crippen molar-refractivity contribution in [3.05, 3.63) is 69.0 Å². The number of amides is 1. The molecular formula is C17H16N4O4S. The standard InChI is InChI=1S/C17H16N4O4S/c1-25-14-6-4-13(5-7-14)20(11-15-3-2-10-26-15)17(22)12-19-9-8-16(18-19)21(23)24/h2-10H,11-12H2,1H3. The molecule has 3 rings (SSSR count). The summed E-state index contributed by atoms with van der Waals surface area (Å²) >= 11 is 1.55. The van der Waals surface area contributed by atoms with Crippen LogP contribution in [0.15, 0.2) is 54.0 Å². The predicted molar refractivity (Wildman–Crippen MR) is 97.4 cm³/mol. The van der Waals surface area contributed by atoms with Crippen LogP contribution in [-0.2, 0) is 17.9 Å². The Morgan fingerprint density at radius 2 is 2.08 bits per heavy atom. The van der Waals surface area contributed by atoms with Gasteiger partial charge in [0.05, 0.1) is 31.0 Å².